The van der Waals surface area contributed by atoms with E-state index in [1.54, 1.807) is 23.6 Å². The zero-order chi connectivity index (χ0) is 14.0. The number of carbonyl (C=O) groups excluding carboxylic acids is 1. The number of hydrogen-bond acceptors (Lipinski definition) is 8. The average molecular weight is 271 g/mol. The predicted molar refractivity (Wildman–Crippen MR) is 62.2 cm³/mol. The van der Waals surface area contributed by atoms with Crippen LogP contribution in [0.5, 0.6) is 0 Å². The fourth-order valence-corrected chi connectivity index (χ4v) is 2.06. The van der Waals surface area contributed by atoms with Crippen molar-refractivity contribution in [3.05, 3.63) is 28.0 Å². The predicted octanol–water partition coefficient (Wildman–Crippen LogP) is -0.417. The minimum absolute atomic E-state index is 0.124. The molecule has 0 bridgehead atoms. The molecule has 1 aliphatic heterocycles. The number of thiazole rings is 1. The summed E-state index contributed by atoms with van der Waals surface area (Å²) in [4.78, 5) is 15.9. The second-order valence-corrected chi connectivity index (χ2v) is 4.33. The Kier molecular flexibility index (Phi) is 2.89. The monoisotopic (exact) mass is 271 g/mol. The van der Waals surface area contributed by atoms with Crippen molar-refractivity contribution in [2.45, 2.75) is 5.54 Å². The molecule has 1 aromatic heterocycles. The molecule has 0 aliphatic carbocycles. The van der Waals surface area contributed by atoms with Crippen LogP contribution in [-0.2, 0) is 0 Å². The molecule has 0 atom stereocenters. The van der Waals surface area contributed by atoms with Gasteiger partial charge in [0.25, 0.3) is 0 Å². The smallest absolute Gasteiger partial charge is 0.302 e. The van der Waals surface area contributed by atoms with Gasteiger partial charge in [-0.2, -0.15) is 21.2 Å². The molecule has 3 N–H and O–H groups in total. The third-order valence-electron chi connectivity index (χ3n) is 2.42. The maximum atomic E-state index is 12.1. The highest BCUT2D eigenvalue weighted by Crippen LogP contribution is 2.27. The zero-order valence-corrected chi connectivity index (χ0v) is 10.1. The van der Waals surface area contributed by atoms with Crippen molar-refractivity contribution in [1.82, 2.24) is 15.4 Å². The maximum Gasteiger partial charge on any atom is 0.302 e. The van der Waals surface area contributed by atoms with E-state index >= 15 is 0 Å². The molecule has 0 aromatic carbocycles. The lowest BCUT2D eigenvalue weighted by Crippen LogP contribution is -2.49. The topological polar surface area (TPSA) is 143 Å². The Morgan fingerprint density at radius 3 is 2.58 bits per heavy atom. The summed E-state index contributed by atoms with van der Waals surface area (Å²) in [7, 11) is 0. The van der Waals surface area contributed by atoms with Gasteiger partial charge >= 0.3 is 5.91 Å². The average Bonchev–Trinajstić information content (AvgIpc) is 3.04. The number of nitrogens with one attached hydrogen (secondary N) is 1. The number of hydrazine groups is 1. The summed E-state index contributed by atoms with van der Waals surface area (Å²) >= 11 is 1.07. The summed E-state index contributed by atoms with van der Waals surface area (Å²) in [6.07, 6.45) is 1.43. The molecule has 0 spiro atoms. The number of nitrogens with two attached hydrogens (primary N) is 1. The summed E-state index contributed by atoms with van der Waals surface area (Å²) in [5, 5.41) is 29.6. The molecule has 19 heavy (non-hydrogen) atoms. The first kappa shape index (κ1) is 12.5. The van der Waals surface area contributed by atoms with Crippen molar-refractivity contribution in [2.75, 3.05) is 0 Å². The minimum Gasteiger partial charge on any atom is -0.383 e. The molecule has 0 saturated carbocycles. The standard InChI is InChI=1S/C10H5N7OS/c11-3-6-7(14)17(16-10(6,4-12)5-13)9(18)8-15-1-2-19-8/h1-2,16H,14H2. The van der Waals surface area contributed by atoms with Crippen LogP contribution >= 0.6 is 11.3 Å². The second-order valence-electron chi connectivity index (χ2n) is 3.44. The van der Waals surface area contributed by atoms with E-state index in [1.165, 1.54) is 6.20 Å². The molecule has 1 aromatic rings. The van der Waals surface area contributed by atoms with E-state index in [0.29, 0.717) is 0 Å². The van der Waals surface area contributed by atoms with E-state index in [-0.39, 0.29) is 16.4 Å². The number of carbonyl (C=O) groups is 1. The van der Waals surface area contributed by atoms with Crippen LogP contribution in [0, 0.1) is 34.0 Å². The lowest BCUT2D eigenvalue weighted by molar-refractivity contribution is 0.0735. The quantitative estimate of drug-likeness (QED) is 0.706. The Balaban J connectivity index is 2.47. The van der Waals surface area contributed by atoms with Crippen LogP contribution in [0.15, 0.2) is 23.0 Å². The van der Waals surface area contributed by atoms with E-state index < -0.39 is 11.4 Å². The first-order valence-electron chi connectivity index (χ1n) is 4.84. The van der Waals surface area contributed by atoms with Gasteiger partial charge in [-0.15, -0.1) is 11.3 Å². The SMILES string of the molecule is N#CC1=C(N)N(C(=O)c2nccs2)NC1(C#N)C#N. The Bertz CT molecular complexity index is 671. The molecule has 9 heteroatoms. The van der Waals surface area contributed by atoms with Gasteiger partial charge < -0.3 is 5.73 Å². The van der Waals surface area contributed by atoms with Crippen LogP contribution in [0.4, 0.5) is 0 Å². The molecular formula is C10H5N7OS. The maximum absolute atomic E-state index is 12.1. The van der Waals surface area contributed by atoms with Gasteiger partial charge in [0.15, 0.2) is 5.01 Å². The van der Waals surface area contributed by atoms with Crippen molar-refractivity contribution in [2.24, 2.45) is 5.73 Å². The summed E-state index contributed by atoms with van der Waals surface area (Å²) in [5.41, 5.74) is 5.74. The molecule has 92 valence electrons. The number of nitriles is 3. The number of amides is 1. The lowest BCUT2D eigenvalue weighted by atomic mass is 9.96. The normalized spacial score (nSPS) is 16.6. The summed E-state index contributed by atoms with van der Waals surface area (Å²) in [6, 6.07) is 4.96. The molecule has 0 radical (unpaired) electrons. The van der Waals surface area contributed by atoms with E-state index in [9.17, 15) is 4.79 Å². The minimum atomic E-state index is -1.95. The number of hydrogen-bond donors (Lipinski definition) is 2. The second kappa shape index (κ2) is 4.39. The molecule has 1 amide bonds. The van der Waals surface area contributed by atoms with Crippen LogP contribution in [0.3, 0.4) is 0 Å². The van der Waals surface area contributed by atoms with Crippen LogP contribution in [0.25, 0.3) is 0 Å². The van der Waals surface area contributed by atoms with Crippen molar-refractivity contribution >= 4 is 17.2 Å². The van der Waals surface area contributed by atoms with Gasteiger partial charge in [-0.1, -0.05) is 0 Å². The van der Waals surface area contributed by atoms with Gasteiger partial charge in [-0.05, 0) is 0 Å². The van der Waals surface area contributed by atoms with E-state index in [4.69, 9.17) is 21.5 Å². The highest BCUT2D eigenvalue weighted by molar-refractivity contribution is 7.11. The Hall–Kier alpha value is -2.93. The van der Waals surface area contributed by atoms with E-state index in [1.807, 2.05) is 0 Å². The van der Waals surface area contributed by atoms with Gasteiger partial charge in [-0.3, -0.25) is 4.79 Å². The Labute approximate surface area is 111 Å². The van der Waals surface area contributed by atoms with Gasteiger partial charge in [-0.25, -0.2) is 9.99 Å². The van der Waals surface area contributed by atoms with E-state index in [2.05, 4.69) is 10.4 Å². The van der Waals surface area contributed by atoms with Crippen LogP contribution < -0.4 is 11.2 Å². The van der Waals surface area contributed by atoms with Gasteiger partial charge in [0.1, 0.15) is 29.6 Å². The molecule has 2 heterocycles. The highest BCUT2D eigenvalue weighted by atomic mass is 32.1. The Morgan fingerprint density at radius 1 is 1.47 bits per heavy atom. The highest BCUT2D eigenvalue weighted by Gasteiger charge is 2.48. The van der Waals surface area contributed by atoms with Crippen molar-refractivity contribution in [3.8, 4) is 18.2 Å². The van der Waals surface area contributed by atoms with Gasteiger partial charge in [0.2, 0.25) is 5.54 Å². The lowest BCUT2D eigenvalue weighted by Gasteiger charge is -2.18. The first-order chi connectivity index (χ1) is 9.09. The zero-order valence-electron chi connectivity index (χ0n) is 9.28. The molecule has 8 nitrogen and oxygen atoms in total. The number of rotatable bonds is 1. The fraction of sp³-hybridized carbons (Fsp3) is 0.100. The third kappa shape index (κ3) is 1.69. The van der Waals surface area contributed by atoms with Crippen molar-refractivity contribution in [3.63, 3.8) is 0 Å². The number of aromatic nitrogens is 1. The van der Waals surface area contributed by atoms with Crippen molar-refractivity contribution in [1.29, 1.82) is 15.8 Å². The van der Waals surface area contributed by atoms with Gasteiger partial charge in [0, 0.05) is 11.6 Å². The summed E-state index contributed by atoms with van der Waals surface area (Å²) in [6.45, 7) is 0. The molecule has 1 aliphatic rings. The molecule has 0 saturated heterocycles. The van der Waals surface area contributed by atoms with E-state index in [0.717, 1.165) is 16.3 Å². The van der Waals surface area contributed by atoms with Crippen LogP contribution in [-0.4, -0.2) is 21.4 Å². The molecule has 0 fully saturated rings. The summed E-state index contributed by atoms with van der Waals surface area (Å²) in [5.74, 6) is -0.904. The van der Waals surface area contributed by atoms with Crippen LogP contribution in [0.2, 0.25) is 0 Å². The van der Waals surface area contributed by atoms with Gasteiger partial charge in [0.05, 0.1) is 0 Å². The third-order valence-corrected chi connectivity index (χ3v) is 3.18. The van der Waals surface area contributed by atoms with Crippen LogP contribution in [0.1, 0.15) is 9.80 Å². The fourth-order valence-electron chi connectivity index (χ4n) is 1.50. The first-order valence-corrected chi connectivity index (χ1v) is 5.72. The summed E-state index contributed by atoms with van der Waals surface area (Å²) < 4.78 is 0. The molecule has 0 unspecified atom stereocenters. The largest absolute Gasteiger partial charge is 0.383 e. The molecule has 2 rings (SSSR count). The Morgan fingerprint density at radius 2 is 2.16 bits per heavy atom. The van der Waals surface area contributed by atoms with Crippen molar-refractivity contribution < 1.29 is 4.79 Å². The molecular weight excluding hydrogens is 266 g/mol. The number of nitrogens with zero attached hydrogens (tertiary/aromatic N) is 5.